The monoisotopic (exact) mass is 396 g/mol. The number of nitrogens with one attached hydrogen (secondary N) is 2. The number of hydrogen-bond donors (Lipinski definition) is 2. The molecular weight excluding hydrogens is 364 g/mol. The SMILES string of the molecule is CC(=O)Nc1ccccc1OCC(=O)NCCc1c(C)cc(C(C)(C)C)cc1C. The maximum atomic E-state index is 12.2. The molecule has 29 heavy (non-hydrogen) atoms. The molecule has 2 aromatic carbocycles. The fraction of sp³-hybridized carbons (Fsp3) is 0.417. The number of carbonyl (C=O) groups excluding carboxylic acids is 2. The largest absolute Gasteiger partial charge is 0.482 e. The topological polar surface area (TPSA) is 67.4 Å². The molecule has 2 amide bonds. The van der Waals surface area contributed by atoms with Gasteiger partial charge in [0, 0.05) is 13.5 Å². The average molecular weight is 397 g/mol. The number of carbonyl (C=O) groups is 2. The van der Waals surface area contributed by atoms with Gasteiger partial charge in [-0.25, -0.2) is 0 Å². The third-order valence-corrected chi connectivity index (χ3v) is 4.82. The Morgan fingerprint density at radius 3 is 2.24 bits per heavy atom. The van der Waals surface area contributed by atoms with Crippen LogP contribution in [-0.4, -0.2) is 25.0 Å². The highest BCUT2D eigenvalue weighted by Gasteiger charge is 2.16. The molecule has 2 N–H and O–H groups in total. The van der Waals surface area contributed by atoms with Crippen molar-refractivity contribution in [2.45, 2.75) is 53.4 Å². The average Bonchev–Trinajstić information content (AvgIpc) is 2.62. The molecule has 0 saturated carbocycles. The number of anilines is 1. The first-order chi connectivity index (χ1) is 13.6. The van der Waals surface area contributed by atoms with Gasteiger partial charge < -0.3 is 15.4 Å². The van der Waals surface area contributed by atoms with Crippen LogP contribution in [-0.2, 0) is 21.4 Å². The molecular formula is C24H32N2O3. The summed E-state index contributed by atoms with van der Waals surface area (Å²) in [6.45, 7) is 12.8. The van der Waals surface area contributed by atoms with E-state index in [9.17, 15) is 9.59 Å². The van der Waals surface area contributed by atoms with Crippen LogP contribution in [0.5, 0.6) is 5.75 Å². The molecule has 0 unspecified atom stereocenters. The van der Waals surface area contributed by atoms with Gasteiger partial charge in [-0.15, -0.1) is 0 Å². The molecule has 0 aliphatic rings. The highest BCUT2D eigenvalue weighted by molar-refractivity contribution is 5.90. The van der Waals surface area contributed by atoms with Crippen LogP contribution in [0, 0.1) is 13.8 Å². The maximum Gasteiger partial charge on any atom is 0.257 e. The smallest absolute Gasteiger partial charge is 0.257 e. The van der Waals surface area contributed by atoms with Gasteiger partial charge in [0.25, 0.3) is 5.91 Å². The molecule has 0 aliphatic heterocycles. The summed E-state index contributed by atoms with van der Waals surface area (Å²) in [5.41, 5.74) is 5.78. The molecule has 0 saturated heterocycles. The number of ether oxygens (including phenoxy) is 1. The molecule has 5 nitrogen and oxygen atoms in total. The van der Waals surface area contributed by atoms with Gasteiger partial charge >= 0.3 is 0 Å². The Morgan fingerprint density at radius 1 is 1.03 bits per heavy atom. The Labute approximate surface area is 173 Å². The fourth-order valence-corrected chi connectivity index (χ4v) is 3.23. The van der Waals surface area contributed by atoms with Crippen molar-refractivity contribution in [3.8, 4) is 5.75 Å². The summed E-state index contributed by atoms with van der Waals surface area (Å²) in [5, 5.41) is 5.60. The second-order valence-corrected chi connectivity index (χ2v) is 8.40. The van der Waals surface area contributed by atoms with Crippen LogP contribution in [0.25, 0.3) is 0 Å². The van der Waals surface area contributed by atoms with Gasteiger partial charge in [-0.2, -0.15) is 0 Å². The van der Waals surface area contributed by atoms with Crippen molar-refractivity contribution in [1.82, 2.24) is 5.32 Å². The third-order valence-electron chi connectivity index (χ3n) is 4.82. The number of para-hydroxylation sites is 2. The zero-order valence-corrected chi connectivity index (χ0v) is 18.3. The molecule has 0 atom stereocenters. The second-order valence-electron chi connectivity index (χ2n) is 8.40. The van der Waals surface area contributed by atoms with Crippen LogP contribution in [0.3, 0.4) is 0 Å². The fourth-order valence-electron chi connectivity index (χ4n) is 3.23. The summed E-state index contributed by atoms with van der Waals surface area (Å²) in [4.78, 5) is 23.4. The van der Waals surface area contributed by atoms with Gasteiger partial charge in [-0.3, -0.25) is 9.59 Å². The molecule has 2 rings (SSSR count). The Morgan fingerprint density at radius 2 is 1.66 bits per heavy atom. The van der Waals surface area contributed by atoms with Crippen LogP contribution < -0.4 is 15.4 Å². The van der Waals surface area contributed by atoms with E-state index in [1.807, 2.05) is 0 Å². The molecule has 0 spiro atoms. The van der Waals surface area contributed by atoms with E-state index in [1.54, 1.807) is 24.3 Å². The van der Waals surface area contributed by atoms with Crippen LogP contribution in [0.2, 0.25) is 0 Å². The van der Waals surface area contributed by atoms with Gasteiger partial charge in [0.05, 0.1) is 5.69 Å². The van der Waals surface area contributed by atoms with Crippen molar-refractivity contribution in [2.75, 3.05) is 18.5 Å². The lowest BCUT2D eigenvalue weighted by atomic mass is 9.83. The predicted molar refractivity (Wildman–Crippen MR) is 118 cm³/mol. The van der Waals surface area contributed by atoms with Crippen LogP contribution >= 0.6 is 0 Å². The lowest BCUT2D eigenvalue weighted by Crippen LogP contribution is -2.31. The molecule has 5 heteroatoms. The zero-order valence-electron chi connectivity index (χ0n) is 18.3. The highest BCUT2D eigenvalue weighted by atomic mass is 16.5. The molecule has 0 radical (unpaired) electrons. The molecule has 156 valence electrons. The second kappa shape index (κ2) is 9.59. The third kappa shape index (κ3) is 6.63. The lowest BCUT2D eigenvalue weighted by Gasteiger charge is -2.22. The van der Waals surface area contributed by atoms with E-state index in [4.69, 9.17) is 4.74 Å². The summed E-state index contributed by atoms with van der Waals surface area (Å²) in [7, 11) is 0. The van der Waals surface area contributed by atoms with Crippen LogP contribution in [0.1, 0.15) is 49.9 Å². The number of rotatable bonds is 7. The Kier molecular flexibility index (Phi) is 7.43. The minimum Gasteiger partial charge on any atom is -0.482 e. The zero-order chi connectivity index (χ0) is 21.6. The minimum atomic E-state index is -0.191. The lowest BCUT2D eigenvalue weighted by molar-refractivity contribution is -0.123. The number of benzene rings is 2. The van der Waals surface area contributed by atoms with Gasteiger partial charge in [-0.05, 0) is 60.1 Å². The van der Waals surface area contributed by atoms with Gasteiger partial charge in [0.2, 0.25) is 5.91 Å². The predicted octanol–water partition coefficient (Wildman–Crippen LogP) is 4.30. The van der Waals surface area contributed by atoms with Crippen LogP contribution in [0.15, 0.2) is 36.4 Å². The summed E-state index contributed by atoms with van der Waals surface area (Å²) in [5.74, 6) is 0.0975. The summed E-state index contributed by atoms with van der Waals surface area (Å²) >= 11 is 0. The highest BCUT2D eigenvalue weighted by Crippen LogP contribution is 2.27. The van der Waals surface area contributed by atoms with Gasteiger partial charge in [0.15, 0.2) is 6.61 Å². The first kappa shape index (κ1) is 22.5. The quantitative estimate of drug-likeness (QED) is 0.733. The summed E-state index contributed by atoms with van der Waals surface area (Å²) in [6.07, 6.45) is 0.774. The summed E-state index contributed by atoms with van der Waals surface area (Å²) in [6, 6.07) is 11.5. The van der Waals surface area contributed by atoms with Crippen molar-refractivity contribution >= 4 is 17.5 Å². The van der Waals surface area contributed by atoms with Crippen molar-refractivity contribution in [2.24, 2.45) is 0 Å². The number of hydrogen-bond acceptors (Lipinski definition) is 3. The molecule has 0 fully saturated rings. The van der Waals surface area contributed by atoms with E-state index < -0.39 is 0 Å². The standard InChI is InChI=1S/C24H32N2O3/c1-16-13-19(24(4,5)6)14-17(2)20(16)11-12-25-23(28)15-29-22-10-8-7-9-21(22)26-18(3)27/h7-10,13-14H,11-12,15H2,1-6H3,(H,25,28)(H,26,27). The Balaban J connectivity index is 1.89. The maximum absolute atomic E-state index is 12.2. The van der Waals surface area contributed by atoms with E-state index >= 15 is 0 Å². The van der Waals surface area contributed by atoms with Gasteiger partial charge in [-0.1, -0.05) is 45.0 Å². The summed E-state index contributed by atoms with van der Waals surface area (Å²) < 4.78 is 5.58. The molecule has 0 bridgehead atoms. The Bertz CT molecular complexity index is 859. The van der Waals surface area contributed by atoms with Crippen molar-refractivity contribution < 1.29 is 14.3 Å². The van der Waals surface area contributed by atoms with Crippen molar-refractivity contribution in [3.63, 3.8) is 0 Å². The first-order valence-electron chi connectivity index (χ1n) is 9.94. The van der Waals surface area contributed by atoms with Crippen molar-refractivity contribution in [3.05, 3.63) is 58.7 Å². The normalized spacial score (nSPS) is 11.1. The minimum absolute atomic E-state index is 0.0997. The van der Waals surface area contributed by atoms with Gasteiger partial charge in [0.1, 0.15) is 5.75 Å². The molecule has 0 aromatic heterocycles. The Hall–Kier alpha value is -2.82. The van der Waals surface area contributed by atoms with Crippen molar-refractivity contribution in [1.29, 1.82) is 0 Å². The van der Waals surface area contributed by atoms with E-state index in [-0.39, 0.29) is 23.8 Å². The van der Waals surface area contributed by atoms with E-state index in [0.717, 1.165) is 6.42 Å². The molecule has 0 aliphatic carbocycles. The van der Waals surface area contributed by atoms with E-state index in [1.165, 1.54) is 29.2 Å². The number of aryl methyl sites for hydroxylation is 2. The van der Waals surface area contributed by atoms with Crippen LogP contribution in [0.4, 0.5) is 5.69 Å². The first-order valence-corrected chi connectivity index (χ1v) is 9.94. The molecule has 2 aromatic rings. The molecule has 0 heterocycles. The van der Waals surface area contributed by atoms with E-state index in [2.05, 4.69) is 57.4 Å². The number of amides is 2. The van der Waals surface area contributed by atoms with E-state index in [0.29, 0.717) is 18.0 Å².